The molecule has 2 aromatic heterocycles. The molecule has 8 nitrogen and oxygen atoms in total. The number of likely N-dealkylation sites (N-methyl/N-ethyl adjacent to an activating group) is 1. The fourth-order valence-electron chi connectivity index (χ4n) is 7.13. The van der Waals surface area contributed by atoms with E-state index in [2.05, 4.69) is 34.6 Å². The van der Waals surface area contributed by atoms with Crippen molar-refractivity contribution in [2.75, 3.05) is 38.2 Å². The van der Waals surface area contributed by atoms with Gasteiger partial charge in [0.05, 0.1) is 17.5 Å². The van der Waals surface area contributed by atoms with Crippen LogP contribution in [0, 0.1) is 5.82 Å². The van der Waals surface area contributed by atoms with E-state index in [1.807, 2.05) is 17.0 Å². The zero-order valence-corrected chi connectivity index (χ0v) is 23.3. The Bertz CT molecular complexity index is 1550. The smallest absolute Gasteiger partial charge is 0.319 e. The van der Waals surface area contributed by atoms with Crippen LogP contribution < -0.4 is 9.64 Å². The molecule has 0 bridgehead atoms. The minimum atomic E-state index is -0.953. The molecule has 41 heavy (non-hydrogen) atoms. The number of nitrogens with zero attached hydrogens (tertiary/aromatic N) is 6. The maximum Gasteiger partial charge on any atom is 0.319 e. The lowest BCUT2D eigenvalue weighted by Crippen LogP contribution is -2.63. The van der Waals surface area contributed by atoms with Gasteiger partial charge in [0.15, 0.2) is 11.6 Å². The molecule has 3 atom stereocenters. The van der Waals surface area contributed by atoms with Crippen molar-refractivity contribution in [3.63, 3.8) is 0 Å². The molecule has 3 fully saturated rings. The molecule has 3 aromatic rings. The van der Waals surface area contributed by atoms with Crippen molar-refractivity contribution in [1.82, 2.24) is 24.8 Å². The first-order chi connectivity index (χ1) is 19.9. The quantitative estimate of drug-likeness (QED) is 0.413. The number of ether oxygens (including phenoxy) is 1. The maximum absolute atomic E-state index is 16.5. The Hall–Kier alpha value is -3.66. The molecule has 3 saturated heterocycles. The first kappa shape index (κ1) is 26.3. The number of carbonyl (C=O) groups is 1. The SMILES string of the molecule is C=C(F)C(=O)N1CC[C@@H]2[C@H]1CN2c1nc(OC[C@@H]2CCCN2C)nc2c(F)c(-c3cccc4c3CCCC4)ncc12. The third kappa shape index (κ3) is 4.43. The largest absolute Gasteiger partial charge is 0.462 e. The van der Waals surface area contributed by atoms with Crippen molar-refractivity contribution in [3.05, 3.63) is 53.7 Å². The van der Waals surface area contributed by atoms with Crippen LogP contribution in [0.15, 0.2) is 36.8 Å². The highest BCUT2D eigenvalue weighted by atomic mass is 19.1. The van der Waals surface area contributed by atoms with Gasteiger partial charge in [0.25, 0.3) is 5.91 Å². The minimum absolute atomic E-state index is 0.0610. The monoisotopic (exact) mass is 560 g/mol. The van der Waals surface area contributed by atoms with E-state index in [9.17, 15) is 9.18 Å². The van der Waals surface area contributed by atoms with Gasteiger partial charge in [0.1, 0.15) is 23.6 Å². The van der Waals surface area contributed by atoms with Crippen LogP contribution in [0.2, 0.25) is 0 Å². The fraction of sp³-hybridized carbons (Fsp3) is 0.484. The predicted octanol–water partition coefficient (Wildman–Crippen LogP) is 4.46. The fourth-order valence-corrected chi connectivity index (χ4v) is 7.13. The summed E-state index contributed by atoms with van der Waals surface area (Å²) in [5, 5.41) is 0.500. The number of aromatic nitrogens is 3. The van der Waals surface area contributed by atoms with Gasteiger partial charge in [-0.3, -0.25) is 9.78 Å². The summed E-state index contributed by atoms with van der Waals surface area (Å²) in [4.78, 5) is 32.1. The van der Waals surface area contributed by atoms with Crippen LogP contribution in [0.25, 0.3) is 22.2 Å². The van der Waals surface area contributed by atoms with Crippen LogP contribution in [0.1, 0.15) is 43.2 Å². The number of halogens is 2. The van der Waals surface area contributed by atoms with E-state index in [-0.39, 0.29) is 29.7 Å². The molecular weight excluding hydrogens is 526 g/mol. The van der Waals surface area contributed by atoms with Gasteiger partial charge in [0, 0.05) is 30.9 Å². The molecule has 1 aliphatic carbocycles. The lowest BCUT2D eigenvalue weighted by Gasteiger charge is -2.47. The molecule has 214 valence electrons. The van der Waals surface area contributed by atoms with Crippen LogP contribution >= 0.6 is 0 Å². The topological polar surface area (TPSA) is 74.7 Å². The van der Waals surface area contributed by atoms with Gasteiger partial charge < -0.3 is 19.4 Å². The van der Waals surface area contributed by atoms with E-state index < -0.39 is 17.6 Å². The summed E-state index contributed by atoms with van der Waals surface area (Å²) in [5.41, 5.74) is 3.70. The number of carbonyl (C=O) groups excluding carboxylic acids is 1. The summed E-state index contributed by atoms with van der Waals surface area (Å²) in [6.45, 7) is 5.50. The molecule has 3 aliphatic heterocycles. The molecule has 10 heteroatoms. The summed E-state index contributed by atoms with van der Waals surface area (Å²) in [7, 11) is 2.07. The van der Waals surface area contributed by atoms with Crippen LogP contribution in [0.4, 0.5) is 14.6 Å². The van der Waals surface area contributed by atoms with Crippen LogP contribution in [-0.4, -0.2) is 82.1 Å². The highest BCUT2D eigenvalue weighted by molar-refractivity contribution is 5.94. The predicted molar refractivity (Wildman–Crippen MR) is 152 cm³/mol. The second kappa shape index (κ2) is 10.3. The Balaban J connectivity index is 1.28. The number of hydrogen-bond acceptors (Lipinski definition) is 7. The average molecular weight is 561 g/mol. The van der Waals surface area contributed by atoms with Crippen molar-refractivity contribution < 1.29 is 18.3 Å². The van der Waals surface area contributed by atoms with E-state index >= 15 is 4.39 Å². The van der Waals surface area contributed by atoms with E-state index in [4.69, 9.17) is 9.72 Å². The van der Waals surface area contributed by atoms with Crippen molar-refractivity contribution >= 4 is 22.6 Å². The standard InChI is InChI=1S/C31H34F2N6O2/c1-18(32)30(40)38-14-12-24-25(38)16-39(24)29-23-15-34-27(22-11-5-8-19-7-3-4-10-21(19)22)26(33)28(23)35-31(36-29)41-17-20-9-6-13-37(20)2/h5,8,11,15,20,24-25H,1,3-4,6-7,9-10,12-14,16-17H2,2H3/t20-,24+,25+/m0/s1. The van der Waals surface area contributed by atoms with Gasteiger partial charge in [-0.05, 0) is 69.7 Å². The number of pyridine rings is 1. The lowest BCUT2D eigenvalue weighted by atomic mass is 9.87. The maximum atomic E-state index is 16.5. The molecule has 0 spiro atoms. The van der Waals surface area contributed by atoms with Gasteiger partial charge in [-0.2, -0.15) is 9.97 Å². The van der Waals surface area contributed by atoms with Crippen LogP contribution in [-0.2, 0) is 17.6 Å². The molecule has 7 rings (SSSR count). The molecular formula is C31H34F2N6O2. The molecule has 1 aromatic carbocycles. The Morgan fingerprint density at radius 3 is 2.78 bits per heavy atom. The number of fused-ring (bicyclic) bond motifs is 3. The molecule has 4 aliphatic rings. The third-order valence-electron chi connectivity index (χ3n) is 9.43. The number of hydrogen-bond donors (Lipinski definition) is 0. The van der Waals surface area contributed by atoms with Gasteiger partial charge in [0.2, 0.25) is 0 Å². The average Bonchev–Trinajstić information content (AvgIpc) is 3.53. The van der Waals surface area contributed by atoms with Crippen LogP contribution in [0.3, 0.4) is 0 Å². The Morgan fingerprint density at radius 1 is 1.12 bits per heavy atom. The number of anilines is 1. The summed E-state index contributed by atoms with van der Waals surface area (Å²) in [6.07, 6.45) is 8.56. The summed E-state index contributed by atoms with van der Waals surface area (Å²) in [6, 6.07) is 6.21. The van der Waals surface area contributed by atoms with Gasteiger partial charge in [-0.1, -0.05) is 24.8 Å². The molecule has 0 unspecified atom stereocenters. The second-order valence-corrected chi connectivity index (χ2v) is 11.7. The van der Waals surface area contributed by atoms with Crippen LogP contribution in [0.5, 0.6) is 6.01 Å². The van der Waals surface area contributed by atoms with E-state index in [0.717, 1.165) is 56.2 Å². The molecule has 0 N–H and O–H groups in total. The van der Waals surface area contributed by atoms with Gasteiger partial charge in [-0.15, -0.1) is 0 Å². The van der Waals surface area contributed by atoms with Crippen molar-refractivity contribution in [2.45, 2.75) is 63.1 Å². The number of amides is 1. The molecule has 1 amide bonds. The zero-order valence-electron chi connectivity index (χ0n) is 23.3. The minimum Gasteiger partial charge on any atom is -0.462 e. The normalized spacial score (nSPS) is 23.8. The summed E-state index contributed by atoms with van der Waals surface area (Å²) >= 11 is 0. The number of aryl methyl sites for hydroxylation is 1. The van der Waals surface area contributed by atoms with Gasteiger partial charge >= 0.3 is 6.01 Å². The molecule has 5 heterocycles. The summed E-state index contributed by atoms with van der Waals surface area (Å²) in [5.74, 6) is -1.57. The summed E-state index contributed by atoms with van der Waals surface area (Å²) < 4.78 is 36.2. The molecule has 0 saturated carbocycles. The number of benzene rings is 1. The third-order valence-corrected chi connectivity index (χ3v) is 9.43. The Kier molecular flexibility index (Phi) is 6.60. The first-order valence-electron chi connectivity index (χ1n) is 14.6. The van der Waals surface area contributed by atoms with E-state index in [1.165, 1.54) is 10.5 Å². The Labute approximate surface area is 238 Å². The van der Waals surface area contributed by atoms with Gasteiger partial charge in [-0.25, -0.2) is 8.78 Å². The van der Waals surface area contributed by atoms with Crippen molar-refractivity contribution in [3.8, 4) is 17.3 Å². The lowest BCUT2D eigenvalue weighted by molar-refractivity contribution is -0.130. The number of rotatable bonds is 6. The Morgan fingerprint density at radius 2 is 1.98 bits per heavy atom. The zero-order chi connectivity index (χ0) is 28.2. The van der Waals surface area contributed by atoms with Crippen molar-refractivity contribution in [1.29, 1.82) is 0 Å². The van der Waals surface area contributed by atoms with Crippen molar-refractivity contribution in [2.24, 2.45) is 0 Å². The van der Waals surface area contributed by atoms with E-state index in [1.54, 1.807) is 6.20 Å². The molecule has 0 radical (unpaired) electrons. The first-order valence-corrected chi connectivity index (χ1v) is 14.6. The number of likely N-dealkylation sites (tertiary alicyclic amines) is 2. The van der Waals surface area contributed by atoms with E-state index in [0.29, 0.717) is 43.0 Å². The highest BCUT2D eigenvalue weighted by Gasteiger charge is 2.50. The highest BCUT2D eigenvalue weighted by Crippen LogP contribution is 2.41. The second-order valence-electron chi connectivity index (χ2n) is 11.7.